The lowest BCUT2D eigenvalue weighted by atomic mass is 10.1. The van der Waals surface area contributed by atoms with Crippen molar-refractivity contribution in [3.63, 3.8) is 0 Å². The van der Waals surface area contributed by atoms with Crippen molar-refractivity contribution >= 4 is 21.7 Å². The molecule has 2 aromatic carbocycles. The molecule has 2 aromatic rings. The van der Waals surface area contributed by atoms with Gasteiger partial charge >= 0.3 is 5.97 Å². The summed E-state index contributed by atoms with van der Waals surface area (Å²) in [6.07, 6.45) is 0.0712. The van der Waals surface area contributed by atoms with Gasteiger partial charge in [-0.25, -0.2) is 8.42 Å². The van der Waals surface area contributed by atoms with Crippen LogP contribution in [-0.4, -0.2) is 39.6 Å². The summed E-state index contributed by atoms with van der Waals surface area (Å²) in [4.78, 5) is 13.4. The molecule has 0 unspecified atom stereocenters. The molecule has 25 heavy (non-hydrogen) atoms. The fourth-order valence-electron chi connectivity index (χ4n) is 2.52. The number of rotatable bonds is 7. The van der Waals surface area contributed by atoms with E-state index in [0.29, 0.717) is 0 Å². The summed E-state index contributed by atoms with van der Waals surface area (Å²) < 4.78 is 27.6. The highest BCUT2D eigenvalue weighted by atomic mass is 32.2. The van der Waals surface area contributed by atoms with E-state index in [1.165, 1.54) is 6.07 Å². The van der Waals surface area contributed by atoms with Crippen molar-refractivity contribution in [2.45, 2.75) is 24.3 Å². The number of anilines is 1. The molecule has 0 heterocycles. The normalized spacial score (nSPS) is 12.6. The molecule has 0 aromatic heterocycles. The number of hydrogen-bond acceptors (Lipinski definition) is 4. The van der Waals surface area contributed by atoms with Gasteiger partial charge in [-0.05, 0) is 36.6 Å². The predicted molar refractivity (Wildman–Crippen MR) is 97.4 cm³/mol. The Morgan fingerprint density at radius 3 is 2.36 bits per heavy atom. The van der Waals surface area contributed by atoms with Crippen molar-refractivity contribution in [1.29, 1.82) is 0 Å². The molecule has 0 saturated heterocycles. The second-order valence-electron chi connectivity index (χ2n) is 6.04. The highest BCUT2D eigenvalue weighted by Crippen LogP contribution is 2.22. The van der Waals surface area contributed by atoms with Gasteiger partial charge in [-0.2, -0.15) is 4.72 Å². The van der Waals surface area contributed by atoms with E-state index in [4.69, 9.17) is 0 Å². The molecule has 0 saturated carbocycles. The maximum atomic E-state index is 12.6. The van der Waals surface area contributed by atoms with Crippen molar-refractivity contribution in [1.82, 2.24) is 4.72 Å². The predicted octanol–water partition coefficient (Wildman–Crippen LogP) is 2.04. The molecule has 0 aliphatic carbocycles. The molecule has 0 bridgehead atoms. The Labute approximate surface area is 148 Å². The molecule has 1 atom stereocenters. The quantitative estimate of drug-likeness (QED) is 0.787. The van der Waals surface area contributed by atoms with Crippen LogP contribution in [0.5, 0.6) is 0 Å². The zero-order valence-electron chi connectivity index (χ0n) is 14.4. The third kappa shape index (κ3) is 4.80. The summed E-state index contributed by atoms with van der Waals surface area (Å²) in [6.45, 7) is 1.88. The average molecular weight is 362 g/mol. The van der Waals surface area contributed by atoms with E-state index in [0.717, 1.165) is 16.8 Å². The van der Waals surface area contributed by atoms with Crippen LogP contribution in [0.25, 0.3) is 0 Å². The number of carboxylic acids is 1. The van der Waals surface area contributed by atoms with Gasteiger partial charge in [0.15, 0.2) is 0 Å². The minimum Gasteiger partial charge on any atom is -0.480 e. The Hall–Kier alpha value is -2.38. The van der Waals surface area contributed by atoms with Gasteiger partial charge in [0, 0.05) is 19.8 Å². The number of sulfonamides is 1. The SMILES string of the molecule is Cc1ccc(S(=O)(=O)N[C@H](Cc2ccccc2)C(=O)O)cc1N(C)C. The Bertz CT molecular complexity index is 849. The number of nitrogens with zero attached hydrogens (tertiary/aromatic N) is 1. The monoisotopic (exact) mass is 362 g/mol. The average Bonchev–Trinajstić information content (AvgIpc) is 2.54. The first kappa shape index (κ1) is 19.0. The molecule has 2 rings (SSSR count). The number of aryl methyl sites for hydroxylation is 1. The highest BCUT2D eigenvalue weighted by Gasteiger charge is 2.26. The maximum absolute atomic E-state index is 12.6. The molecule has 134 valence electrons. The van der Waals surface area contributed by atoms with Crippen LogP contribution in [0.3, 0.4) is 0 Å². The molecule has 0 aliphatic rings. The Morgan fingerprint density at radius 1 is 1.16 bits per heavy atom. The first-order chi connectivity index (χ1) is 11.7. The van der Waals surface area contributed by atoms with Crippen LogP contribution in [0.2, 0.25) is 0 Å². The molecule has 0 aliphatic heterocycles. The largest absolute Gasteiger partial charge is 0.480 e. The van der Waals surface area contributed by atoms with Crippen molar-refractivity contribution in [3.05, 3.63) is 59.7 Å². The van der Waals surface area contributed by atoms with Gasteiger partial charge in [0.05, 0.1) is 4.90 Å². The topological polar surface area (TPSA) is 86.7 Å². The summed E-state index contributed by atoms with van der Waals surface area (Å²) in [5, 5.41) is 9.40. The number of hydrogen-bond donors (Lipinski definition) is 2. The van der Waals surface area contributed by atoms with Gasteiger partial charge in [0.1, 0.15) is 6.04 Å². The number of nitrogens with one attached hydrogen (secondary N) is 1. The van der Waals surface area contributed by atoms with Crippen LogP contribution in [0.1, 0.15) is 11.1 Å². The molecule has 0 fully saturated rings. The summed E-state index contributed by atoms with van der Waals surface area (Å²) in [5.74, 6) is -1.22. The van der Waals surface area contributed by atoms with Gasteiger partial charge in [0.2, 0.25) is 10.0 Å². The van der Waals surface area contributed by atoms with E-state index < -0.39 is 22.0 Å². The lowest BCUT2D eigenvalue weighted by Crippen LogP contribution is -2.42. The Morgan fingerprint density at radius 2 is 1.80 bits per heavy atom. The van der Waals surface area contributed by atoms with E-state index in [-0.39, 0.29) is 11.3 Å². The molecule has 0 spiro atoms. The van der Waals surface area contributed by atoms with Crippen LogP contribution < -0.4 is 9.62 Å². The van der Waals surface area contributed by atoms with Gasteiger partial charge in [-0.3, -0.25) is 4.79 Å². The zero-order chi connectivity index (χ0) is 18.6. The molecule has 0 amide bonds. The Kier molecular flexibility index (Phi) is 5.81. The van der Waals surface area contributed by atoms with E-state index in [1.54, 1.807) is 36.4 Å². The fourth-order valence-corrected chi connectivity index (χ4v) is 3.73. The molecular weight excluding hydrogens is 340 g/mol. The molecule has 6 nitrogen and oxygen atoms in total. The van der Waals surface area contributed by atoms with Crippen LogP contribution >= 0.6 is 0 Å². The van der Waals surface area contributed by atoms with Crippen LogP contribution in [0.4, 0.5) is 5.69 Å². The number of benzene rings is 2. The molecule has 0 radical (unpaired) electrons. The number of carbonyl (C=O) groups is 1. The molecular formula is C18H22N2O4S. The molecule has 2 N–H and O–H groups in total. The van der Waals surface area contributed by atoms with Crippen molar-refractivity contribution in [2.24, 2.45) is 0 Å². The fraction of sp³-hybridized carbons (Fsp3) is 0.278. The standard InChI is InChI=1S/C18H22N2O4S/c1-13-9-10-15(12-17(13)20(2)3)25(23,24)19-16(18(21)22)11-14-7-5-4-6-8-14/h4-10,12,16,19H,11H2,1-3H3,(H,21,22)/t16-/m1/s1. The second kappa shape index (κ2) is 7.67. The first-order valence-electron chi connectivity index (χ1n) is 7.78. The van der Waals surface area contributed by atoms with E-state index in [2.05, 4.69) is 4.72 Å². The third-order valence-corrected chi connectivity index (χ3v) is 5.32. The highest BCUT2D eigenvalue weighted by molar-refractivity contribution is 7.89. The summed E-state index contributed by atoms with van der Waals surface area (Å²) in [7, 11) is -0.313. The summed E-state index contributed by atoms with van der Waals surface area (Å²) in [5.41, 5.74) is 2.44. The maximum Gasteiger partial charge on any atom is 0.322 e. The summed E-state index contributed by atoms with van der Waals surface area (Å²) in [6, 6.07) is 12.4. The van der Waals surface area contributed by atoms with E-state index in [1.807, 2.05) is 32.0 Å². The van der Waals surface area contributed by atoms with Crippen molar-refractivity contribution in [3.8, 4) is 0 Å². The van der Waals surface area contributed by atoms with E-state index in [9.17, 15) is 18.3 Å². The summed E-state index contributed by atoms with van der Waals surface area (Å²) >= 11 is 0. The van der Waals surface area contributed by atoms with Gasteiger partial charge in [-0.15, -0.1) is 0 Å². The smallest absolute Gasteiger partial charge is 0.322 e. The number of carboxylic acid groups (broad SMARTS) is 1. The number of aliphatic carboxylic acids is 1. The third-order valence-electron chi connectivity index (χ3n) is 3.85. The van der Waals surface area contributed by atoms with Gasteiger partial charge in [-0.1, -0.05) is 36.4 Å². The Balaban J connectivity index is 2.29. The lowest BCUT2D eigenvalue weighted by molar-refractivity contribution is -0.138. The second-order valence-corrected chi connectivity index (χ2v) is 7.76. The molecule has 7 heteroatoms. The van der Waals surface area contributed by atoms with Crippen LogP contribution in [-0.2, 0) is 21.2 Å². The minimum absolute atomic E-state index is 0.0427. The lowest BCUT2D eigenvalue weighted by Gasteiger charge is -2.19. The van der Waals surface area contributed by atoms with Crippen LogP contribution in [0.15, 0.2) is 53.4 Å². The first-order valence-corrected chi connectivity index (χ1v) is 9.26. The van der Waals surface area contributed by atoms with E-state index >= 15 is 0 Å². The minimum atomic E-state index is -3.95. The zero-order valence-corrected chi connectivity index (χ0v) is 15.2. The van der Waals surface area contributed by atoms with Gasteiger partial charge < -0.3 is 10.0 Å². The van der Waals surface area contributed by atoms with Crippen molar-refractivity contribution < 1.29 is 18.3 Å². The van der Waals surface area contributed by atoms with Gasteiger partial charge in [0.25, 0.3) is 0 Å². The van der Waals surface area contributed by atoms with Crippen LogP contribution in [0, 0.1) is 6.92 Å². The van der Waals surface area contributed by atoms with Crippen molar-refractivity contribution in [2.75, 3.05) is 19.0 Å².